The van der Waals surface area contributed by atoms with Crippen LogP contribution in [0.2, 0.25) is 5.02 Å². The summed E-state index contributed by atoms with van der Waals surface area (Å²) in [5.41, 5.74) is 3.93. The first-order valence-corrected chi connectivity index (χ1v) is 7.02. The minimum Gasteiger partial charge on any atom is -0.294 e. The van der Waals surface area contributed by atoms with Gasteiger partial charge in [0.15, 0.2) is 11.4 Å². The van der Waals surface area contributed by atoms with Crippen LogP contribution in [0.15, 0.2) is 36.5 Å². The van der Waals surface area contributed by atoms with Crippen molar-refractivity contribution in [2.24, 2.45) is 0 Å². The highest BCUT2D eigenvalue weighted by Gasteiger charge is 2.15. The number of fused-ring (bicyclic) bond motifs is 1. The van der Waals surface area contributed by atoms with Crippen molar-refractivity contribution in [1.82, 2.24) is 14.6 Å². The Bertz CT molecular complexity index is 821. The fraction of sp³-hybridized carbons (Fsp3) is 0.188. The van der Waals surface area contributed by atoms with E-state index in [1.807, 2.05) is 32.0 Å². The van der Waals surface area contributed by atoms with Crippen molar-refractivity contribution in [2.75, 3.05) is 0 Å². The van der Waals surface area contributed by atoms with E-state index in [-0.39, 0.29) is 5.78 Å². The highest BCUT2D eigenvalue weighted by atomic mass is 35.5. The van der Waals surface area contributed by atoms with E-state index in [0.717, 1.165) is 17.0 Å². The van der Waals surface area contributed by atoms with Crippen molar-refractivity contribution in [1.29, 1.82) is 0 Å². The molecular formula is C16H14ClN3O. The first kappa shape index (κ1) is 13.8. The van der Waals surface area contributed by atoms with Crippen molar-refractivity contribution in [3.8, 4) is 0 Å². The van der Waals surface area contributed by atoms with Crippen LogP contribution in [0.5, 0.6) is 0 Å². The summed E-state index contributed by atoms with van der Waals surface area (Å²) in [7, 11) is 0. The van der Waals surface area contributed by atoms with Crippen molar-refractivity contribution in [3.63, 3.8) is 0 Å². The van der Waals surface area contributed by atoms with E-state index in [0.29, 0.717) is 22.7 Å². The lowest BCUT2D eigenvalue weighted by molar-refractivity contribution is 0.0994. The zero-order valence-corrected chi connectivity index (χ0v) is 12.6. The summed E-state index contributed by atoms with van der Waals surface area (Å²) in [6, 6.07) is 9.22. The van der Waals surface area contributed by atoms with Crippen molar-refractivity contribution in [2.45, 2.75) is 20.3 Å². The maximum absolute atomic E-state index is 12.5. The van der Waals surface area contributed by atoms with Crippen LogP contribution in [-0.4, -0.2) is 20.4 Å². The van der Waals surface area contributed by atoms with Gasteiger partial charge in [0.1, 0.15) is 0 Å². The minimum absolute atomic E-state index is 0.00447. The average molecular weight is 300 g/mol. The van der Waals surface area contributed by atoms with Gasteiger partial charge in [0.05, 0.1) is 11.8 Å². The van der Waals surface area contributed by atoms with Crippen LogP contribution in [-0.2, 0) is 6.42 Å². The van der Waals surface area contributed by atoms with Gasteiger partial charge in [-0.05, 0) is 37.6 Å². The molecule has 5 heteroatoms. The van der Waals surface area contributed by atoms with Crippen LogP contribution < -0.4 is 0 Å². The van der Waals surface area contributed by atoms with E-state index in [1.54, 1.807) is 22.8 Å². The topological polar surface area (TPSA) is 47.3 Å². The number of hydrogen-bond donors (Lipinski definition) is 0. The van der Waals surface area contributed by atoms with E-state index in [2.05, 4.69) is 10.1 Å². The monoisotopic (exact) mass is 299 g/mol. The third-order valence-electron chi connectivity index (χ3n) is 3.36. The number of carbonyl (C=O) groups excluding carboxylic acids is 1. The third-order valence-corrected chi connectivity index (χ3v) is 3.61. The number of rotatable bonds is 3. The molecule has 0 spiro atoms. The molecule has 0 atom stereocenters. The highest BCUT2D eigenvalue weighted by Crippen LogP contribution is 2.16. The molecule has 0 N–H and O–H groups in total. The van der Waals surface area contributed by atoms with Crippen LogP contribution in [0, 0.1) is 13.8 Å². The number of hydrogen-bond acceptors (Lipinski definition) is 3. The second-order valence-corrected chi connectivity index (χ2v) is 5.50. The predicted molar refractivity (Wildman–Crippen MR) is 81.9 cm³/mol. The lowest BCUT2D eigenvalue weighted by Gasteiger charge is -2.03. The normalized spacial score (nSPS) is 11.0. The quantitative estimate of drug-likeness (QED) is 0.696. The Morgan fingerprint density at radius 2 is 1.95 bits per heavy atom. The van der Waals surface area contributed by atoms with E-state index in [9.17, 15) is 4.79 Å². The Balaban J connectivity index is 1.96. The van der Waals surface area contributed by atoms with Gasteiger partial charge in [0, 0.05) is 22.8 Å². The number of ketones is 1. The molecule has 0 radical (unpaired) electrons. The zero-order valence-electron chi connectivity index (χ0n) is 11.8. The summed E-state index contributed by atoms with van der Waals surface area (Å²) < 4.78 is 1.70. The second-order valence-electron chi connectivity index (χ2n) is 5.06. The van der Waals surface area contributed by atoms with Gasteiger partial charge < -0.3 is 0 Å². The van der Waals surface area contributed by atoms with Gasteiger partial charge in [-0.15, -0.1) is 0 Å². The molecule has 2 heterocycles. The first-order valence-electron chi connectivity index (χ1n) is 6.64. The molecule has 3 rings (SSSR count). The van der Waals surface area contributed by atoms with E-state index in [1.165, 1.54) is 0 Å². The molecule has 106 valence electrons. The molecule has 0 bridgehead atoms. The van der Waals surface area contributed by atoms with E-state index >= 15 is 0 Å². The molecule has 0 saturated heterocycles. The number of halogens is 1. The summed E-state index contributed by atoms with van der Waals surface area (Å²) in [6.07, 6.45) is 1.90. The summed E-state index contributed by atoms with van der Waals surface area (Å²) in [4.78, 5) is 16.9. The molecule has 3 aromatic rings. The molecule has 2 aromatic heterocycles. The zero-order chi connectivity index (χ0) is 15.0. The lowest BCUT2D eigenvalue weighted by Crippen LogP contribution is -2.05. The van der Waals surface area contributed by atoms with Crippen LogP contribution >= 0.6 is 11.6 Å². The van der Waals surface area contributed by atoms with Gasteiger partial charge in [-0.2, -0.15) is 5.10 Å². The summed E-state index contributed by atoms with van der Waals surface area (Å²) >= 11 is 5.85. The molecule has 1 aromatic carbocycles. The summed E-state index contributed by atoms with van der Waals surface area (Å²) in [5, 5.41) is 4.91. The second kappa shape index (κ2) is 5.30. The van der Waals surface area contributed by atoms with Gasteiger partial charge in [-0.1, -0.05) is 23.7 Å². The fourth-order valence-corrected chi connectivity index (χ4v) is 2.48. The van der Waals surface area contributed by atoms with Gasteiger partial charge in [-0.3, -0.25) is 4.79 Å². The maximum Gasteiger partial charge on any atom is 0.172 e. The van der Waals surface area contributed by atoms with Gasteiger partial charge >= 0.3 is 0 Å². The molecule has 0 aliphatic heterocycles. The number of aromatic nitrogens is 3. The molecule has 0 unspecified atom stereocenters. The van der Waals surface area contributed by atoms with Crippen molar-refractivity contribution < 1.29 is 4.79 Å². The molecule has 0 saturated carbocycles. The molecule has 0 fully saturated rings. The Hall–Kier alpha value is -2.20. The SMILES string of the molecule is Cc1cc(C)n2ncc(C(=O)Cc3ccc(Cl)cc3)c2n1. The lowest BCUT2D eigenvalue weighted by atomic mass is 10.1. The standard InChI is InChI=1S/C16H14ClN3O/c1-10-7-11(2)20-16(19-10)14(9-18-20)15(21)8-12-3-5-13(17)6-4-12/h3-7,9H,8H2,1-2H3. The number of Topliss-reactive ketones (excluding diaryl/α,β-unsaturated/α-hetero) is 1. The van der Waals surface area contributed by atoms with Gasteiger partial charge in [-0.25, -0.2) is 9.50 Å². The molecule has 0 aliphatic carbocycles. The predicted octanol–water partition coefficient (Wildman–Crippen LogP) is 3.42. The number of aryl methyl sites for hydroxylation is 2. The fourth-order valence-electron chi connectivity index (χ4n) is 2.35. The van der Waals surface area contributed by atoms with E-state index in [4.69, 9.17) is 11.6 Å². The number of benzene rings is 1. The number of carbonyl (C=O) groups is 1. The third kappa shape index (κ3) is 2.67. The van der Waals surface area contributed by atoms with Crippen LogP contribution in [0.4, 0.5) is 0 Å². The Morgan fingerprint density at radius 1 is 1.24 bits per heavy atom. The van der Waals surface area contributed by atoms with Crippen molar-refractivity contribution in [3.05, 3.63) is 64.1 Å². The van der Waals surface area contributed by atoms with Gasteiger partial charge in [0.2, 0.25) is 0 Å². The molecule has 0 amide bonds. The van der Waals surface area contributed by atoms with Crippen molar-refractivity contribution >= 4 is 23.0 Å². The van der Waals surface area contributed by atoms with E-state index < -0.39 is 0 Å². The summed E-state index contributed by atoms with van der Waals surface area (Å²) in [5.74, 6) is 0.00447. The summed E-state index contributed by atoms with van der Waals surface area (Å²) in [6.45, 7) is 3.86. The minimum atomic E-state index is 0.00447. The highest BCUT2D eigenvalue weighted by molar-refractivity contribution is 6.30. The Morgan fingerprint density at radius 3 is 2.67 bits per heavy atom. The van der Waals surface area contributed by atoms with Crippen LogP contribution in [0.25, 0.3) is 5.65 Å². The van der Waals surface area contributed by atoms with Gasteiger partial charge in [0.25, 0.3) is 0 Å². The average Bonchev–Trinajstić information content (AvgIpc) is 2.85. The Kier molecular flexibility index (Phi) is 3.47. The number of nitrogens with zero attached hydrogens (tertiary/aromatic N) is 3. The Labute approximate surface area is 127 Å². The molecule has 4 nitrogen and oxygen atoms in total. The first-order chi connectivity index (χ1) is 10.0. The maximum atomic E-state index is 12.5. The van der Waals surface area contributed by atoms with Crippen LogP contribution in [0.1, 0.15) is 27.3 Å². The smallest absolute Gasteiger partial charge is 0.172 e. The van der Waals surface area contributed by atoms with Crippen LogP contribution in [0.3, 0.4) is 0 Å². The molecule has 0 aliphatic rings. The molecular weight excluding hydrogens is 286 g/mol. The largest absolute Gasteiger partial charge is 0.294 e. The molecule has 21 heavy (non-hydrogen) atoms.